The summed E-state index contributed by atoms with van der Waals surface area (Å²) >= 11 is 0. The Kier molecular flexibility index (Phi) is 5.94. The zero-order chi connectivity index (χ0) is 18.6. The van der Waals surface area contributed by atoms with Gasteiger partial charge in [0.2, 0.25) is 5.91 Å². The Morgan fingerprint density at radius 1 is 1.28 bits per heavy atom. The second-order valence-electron chi connectivity index (χ2n) is 7.32. The van der Waals surface area contributed by atoms with Gasteiger partial charge in [0.25, 0.3) is 0 Å². The van der Waals surface area contributed by atoms with E-state index in [-0.39, 0.29) is 11.9 Å². The average molecular weight is 349 g/mol. The van der Waals surface area contributed by atoms with Crippen molar-refractivity contribution in [3.63, 3.8) is 0 Å². The number of aromatic nitrogens is 2. The van der Waals surface area contributed by atoms with Crippen LogP contribution in [0.4, 0.5) is 10.6 Å². The Morgan fingerprint density at radius 3 is 2.52 bits per heavy atom. The van der Waals surface area contributed by atoms with Crippen LogP contribution in [-0.4, -0.2) is 63.0 Å². The first kappa shape index (κ1) is 19.1. The molecule has 0 bridgehead atoms. The van der Waals surface area contributed by atoms with Crippen molar-refractivity contribution in [2.24, 2.45) is 0 Å². The number of nitrogens with one attached hydrogen (secondary N) is 1. The van der Waals surface area contributed by atoms with Crippen LogP contribution in [0.25, 0.3) is 0 Å². The van der Waals surface area contributed by atoms with Gasteiger partial charge in [-0.25, -0.2) is 9.78 Å². The maximum Gasteiger partial charge on any atom is 0.413 e. The van der Waals surface area contributed by atoms with Gasteiger partial charge in [-0.2, -0.15) is 0 Å². The maximum atomic E-state index is 11.7. The summed E-state index contributed by atoms with van der Waals surface area (Å²) in [6, 6.07) is 0.187. The van der Waals surface area contributed by atoms with Crippen LogP contribution >= 0.6 is 0 Å². The topological polar surface area (TPSA) is 87.7 Å². The first-order chi connectivity index (χ1) is 11.6. The summed E-state index contributed by atoms with van der Waals surface area (Å²) in [4.78, 5) is 35.9. The molecule has 2 amide bonds. The lowest BCUT2D eigenvalue weighted by molar-refractivity contribution is -0.133. The predicted octanol–water partition coefficient (Wildman–Crippen LogP) is 1.88. The van der Waals surface area contributed by atoms with Crippen molar-refractivity contribution in [1.82, 2.24) is 19.8 Å². The standard InChI is InChI=1S/C17H27N5O3/c1-12-10-21(6-7-22(12)13(2)23)11-14-8-19-15(9-18-14)20-16(24)25-17(3,4)5/h8-9,12H,6-7,10-11H2,1-5H3,(H,19,20,24). The van der Waals surface area contributed by atoms with Crippen LogP contribution in [0, 0.1) is 0 Å². The molecule has 8 nitrogen and oxygen atoms in total. The summed E-state index contributed by atoms with van der Waals surface area (Å²) in [5, 5.41) is 2.56. The van der Waals surface area contributed by atoms with Gasteiger partial charge >= 0.3 is 6.09 Å². The van der Waals surface area contributed by atoms with E-state index in [0.717, 1.165) is 25.3 Å². The number of ether oxygens (including phenoxy) is 1. The predicted molar refractivity (Wildman–Crippen MR) is 94.0 cm³/mol. The van der Waals surface area contributed by atoms with Crippen LogP contribution in [-0.2, 0) is 16.1 Å². The van der Waals surface area contributed by atoms with Crippen LogP contribution in [0.1, 0.15) is 40.3 Å². The van der Waals surface area contributed by atoms with Crippen LogP contribution in [0.5, 0.6) is 0 Å². The summed E-state index contributed by atoms with van der Waals surface area (Å²) < 4.78 is 5.18. The lowest BCUT2D eigenvalue weighted by Gasteiger charge is -2.39. The average Bonchev–Trinajstić information content (AvgIpc) is 2.47. The molecule has 1 unspecified atom stereocenters. The molecule has 2 rings (SSSR count). The van der Waals surface area contributed by atoms with Crippen molar-refractivity contribution in [1.29, 1.82) is 0 Å². The van der Waals surface area contributed by atoms with Crippen LogP contribution in [0.15, 0.2) is 12.4 Å². The summed E-state index contributed by atoms with van der Waals surface area (Å²) in [5.74, 6) is 0.470. The minimum absolute atomic E-state index is 0.115. The molecule has 138 valence electrons. The highest BCUT2D eigenvalue weighted by Gasteiger charge is 2.25. The van der Waals surface area contributed by atoms with Gasteiger partial charge in [-0.3, -0.25) is 20.0 Å². The number of piperazine rings is 1. The van der Waals surface area contributed by atoms with Crippen molar-refractivity contribution in [3.8, 4) is 0 Å². The van der Waals surface area contributed by atoms with Gasteiger partial charge in [-0.1, -0.05) is 0 Å². The fourth-order valence-corrected chi connectivity index (χ4v) is 2.78. The van der Waals surface area contributed by atoms with Crippen LogP contribution in [0.2, 0.25) is 0 Å². The molecule has 2 heterocycles. The number of anilines is 1. The van der Waals surface area contributed by atoms with Crippen molar-refractivity contribution >= 4 is 17.8 Å². The van der Waals surface area contributed by atoms with Gasteiger partial charge in [-0.05, 0) is 27.7 Å². The molecular formula is C17H27N5O3. The zero-order valence-corrected chi connectivity index (χ0v) is 15.6. The van der Waals surface area contributed by atoms with Crippen molar-refractivity contribution in [2.45, 2.75) is 52.8 Å². The monoisotopic (exact) mass is 349 g/mol. The summed E-state index contributed by atoms with van der Waals surface area (Å²) in [5.41, 5.74) is 0.258. The zero-order valence-electron chi connectivity index (χ0n) is 15.6. The van der Waals surface area contributed by atoms with Gasteiger partial charge < -0.3 is 9.64 Å². The largest absolute Gasteiger partial charge is 0.444 e. The minimum Gasteiger partial charge on any atom is -0.444 e. The SMILES string of the molecule is CC(=O)N1CCN(Cc2cnc(NC(=O)OC(C)(C)C)cn2)CC1C. The van der Waals surface area contributed by atoms with Crippen molar-refractivity contribution in [3.05, 3.63) is 18.1 Å². The number of carbonyl (C=O) groups excluding carboxylic acids is 2. The minimum atomic E-state index is -0.559. The van der Waals surface area contributed by atoms with E-state index in [9.17, 15) is 9.59 Å². The third-order valence-electron chi connectivity index (χ3n) is 3.84. The highest BCUT2D eigenvalue weighted by Crippen LogP contribution is 2.13. The Labute approximate surface area is 148 Å². The number of nitrogens with zero attached hydrogens (tertiary/aromatic N) is 4. The molecular weight excluding hydrogens is 322 g/mol. The number of rotatable bonds is 3. The Bertz CT molecular complexity index is 612. The number of hydrogen-bond acceptors (Lipinski definition) is 6. The normalized spacial score (nSPS) is 18.8. The van der Waals surface area contributed by atoms with Crippen LogP contribution in [0.3, 0.4) is 0 Å². The molecule has 0 aliphatic carbocycles. The molecule has 1 aromatic heterocycles. The van der Waals surface area contributed by atoms with E-state index in [2.05, 4.69) is 20.2 Å². The van der Waals surface area contributed by atoms with E-state index in [0.29, 0.717) is 12.4 Å². The summed E-state index contributed by atoms with van der Waals surface area (Å²) in [6.45, 7) is 12.1. The number of amides is 2. The molecule has 0 spiro atoms. The molecule has 25 heavy (non-hydrogen) atoms. The lowest BCUT2D eigenvalue weighted by atomic mass is 10.2. The van der Waals surface area contributed by atoms with Gasteiger partial charge in [0.1, 0.15) is 5.60 Å². The maximum absolute atomic E-state index is 11.7. The van der Waals surface area contributed by atoms with Gasteiger partial charge in [0, 0.05) is 39.1 Å². The molecule has 1 aliphatic rings. The summed E-state index contributed by atoms with van der Waals surface area (Å²) in [6.07, 6.45) is 2.62. The smallest absolute Gasteiger partial charge is 0.413 e. The van der Waals surface area contributed by atoms with Gasteiger partial charge in [0.05, 0.1) is 18.1 Å². The summed E-state index contributed by atoms with van der Waals surface area (Å²) in [7, 11) is 0. The molecule has 1 N–H and O–H groups in total. The Morgan fingerprint density at radius 2 is 2.00 bits per heavy atom. The third kappa shape index (κ3) is 5.97. The second-order valence-corrected chi connectivity index (χ2v) is 7.32. The third-order valence-corrected chi connectivity index (χ3v) is 3.84. The Hall–Kier alpha value is -2.22. The first-order valence-corrected chi connectivity index (χ1v) is 8.44. The van der Waals surface area contributed by atoms with Crippen molar-refractivity contribution in [2.75, 3.05) is 25.0 Å². The molecule has 8 heteroatoms. The molecule has 1 saturated heterocycles. The van der Waals surface area contributed by atoms with E-state index in [1.807, 2.05) is 11.8 Å². The molecule has 0 radical (unpaired) electrons. The molecule has 1 atom stereocenters. The fourth-order valence-electron chi connectivity index (χ4n) is 2.78. The van der Waals surface area contributed by atoms with Crippen LogP contribution < -0.4 is 5.32 Å². The van der Waals surface area contributed by atoms with Gasteiger partial charge in [0.15, 0.2) is 5.82 Å². The highest BCUT2D eigenvalue weighted by atomic mass is 16.6. The van der Waals surface area contributed by atoms with E-state index < -0.39 is 11.7 Å². The van der Waals surface area contributed by atoms with Crippen molar-refractivity contribution < 1.29 is 14.3 Å². The fraction of sp³-hybridized carbons (Fsp3) is 0.647. The molecule has 1 aromatic rings. The molecule has 0 saturated carbocycles. The highest BCUT2D eigenvalue weighted by molar-refractivity contribution is 5.83. The molecule has 0 aromatic carbocycles. The van der Waals surface area contributed by atoms with Gasteiger partial charge in [-0.15, -0.1) is 0 Å². The van der Waals surface area contributed by atoms with E-state index in [1.165, 1.54) is 6.20 Å². The van der Waals surface area contributed by atoms with E-state index >= 15 is 0 Å². The number of carbonyl (C=O) groups is 2. The first-order valence-electron chi connectivity index (χ1n) is 8.44. The van der Waals surface area contributed by atoms with E-state index in [4.69, 9.17) is 4.74 Å². The number of hydrogen-bond donors (Lipinski definition) is 1. The molecule has 1 aliphatic heterocycles. The lowest BCUT2D eigenvalue weighted by Crippen LogP contribution is -2.53. The van der Waals surface area contributed by atoms with E-state index in [1.54, 1.807) is 33.9 Å². The molecule has 1 fully saturated rings. The second kappa shape index (κ2) is 7.77. The quantitative estimate of drug-likeness (QED) is 0.896. The Balaban J connectivity index is 1.86.